The van der Waals surface area contributed by atoms with Gasteiger partial charge in [-0.1, -0.05) is 6.92 Å². The van der Waals surface area contributed by atoms with E-state index in [0.717, 1.165) is 0 Å². The molecule has 0 aromatic heterocycles. The van der Waals surface area contributed by atoms with Crippen LogP contribution in [-0.4, -0.2) is 17.8 Å². The molecule has 0 heterocycles. The molecule has 15 heavy (non-hydrogen) atoms. The minimum Gasteiger partial charge on any atom is -0.391 e. The van der Waals surface area contributed by atoms with Gasteiger partial charge < -0.3 is 10.4 Å². The Morgan fingerprint density at radius 1 is 1.60 bits per heavy atom. The first-order chi connectivity index (χ1) is 7.17. The van der Waals surface area contributed by atoms with Crippen LogP contribution in [0.15, 0.2) is 18.2 Å². The molecule has 1 aromatic carbocycles. The summed E-state index contributed by atoms with van der Waals surface area (Å²) in [7, 11) is 0. The fraction of sp³-hybridized carbons (Fsp3) is 0.364. The summed E-state index contributed by atoms with van der Waals surface area (Å²) in [5.74, 6) is -0.529. The lowest BCUT2D eigenvalue weighted by molar-refractivity contribution is 0.183. The number of nitrogens with zero attached hydrogens (tertiary/aromatic N) is 1. The zero-order valence-electron chi connectivity index (χ0n) is 8.50. The molecule has 1 unspecified atom stereocenters. The highest BCUT2D eigenvalue weighted by Crippen LogP contribution is 2.13. The molecule has 1 aromatic rings. The van der Waals surface area contributed by atoms with Crippen LogP contribution >= 0.6 is 0 Å². The van der Waals surface area contributed by atoms with Crippen molar-refractivity contribution in [1.82, 2.24) is 0 Å². The lowest BCUT2D eigenvalue weighted by Crippen LogP contribution is -2.18. The van der Waals surface area contributed by atoms with Crippen molar-refractivity contribution in [3.05, 3.63) is 29.6 Å². The monoisotopic (exact) mass is 208 g/mol. The van der Waals surface area contributed by atoms with Gasteiger partial charge >= 0.3 is 0 Å². The van der Waals surface area contributed by atoms with Gasteiger partial charge in [-0.15, -0.1) is 0 Å². The maximum Gasteiger partial charge on any atom is 0.141 e. The first-order valence-electron chi connectivity index (χ1n) is 4.79. The largest absolute Gasteiger partial charge is 0.391 e. The number of nitriles is 1. The summed E-state index contributed by atoms with van der Waals surface area (Å²) in [6.45, 7) is 2.27. The van der Waals surface area contributed by atoms with Crippen molar-refractivity contribution in [2.45, 2.75) is 19.4 Å². The van der Waals surface area contributed by atoms with Gasteiger partial charge in [0.15, 0.2) is 0 Å². The third-order valence-corrected chi connectivity index (χ3v) is 2.10. The van der Waals surface area contributed by atoms with Crippen LogP contribution in [0.3, 0.4) is 0 Å². The van der Waals surface area contributed by atoms with Gasteiger partial charge in [-0.2, -0.15) is 5.26 Å². The average Bonchev–Trinajstić information content (AvgIpc) is 2.27. The summed E-state index contributed by atoms with van der Waals surface area (Å²) in [4.78, 5) is 0. The molecule has 0 saturated carbocycles. The number of aliphatic hydroxyl groups is 1. The van der Waals surface area contributed by atoms with E-state index in [4.69, 9.17) is 5.26 Å². The average molecular weight is 208 g/mol. The minimum atomic E-state index is -0.529. The van der Waals surface area contributed by atoms with Gasteiger partial charge in [0.2, 0.25) is 0 Å². The summed E-state index contributed by atoms with van der Waals surface area (Å²) >= 11 is 0. The summed E-state index contributed by atoms with van der Waals surface area (Å²) in [5, 5.41) is 20.8. The van der Waals surface area contributed by atoms with E-state index in [2.05, 4.69) is 5.32 Å². The van der Waals surface area contributed by atoms with Crippen LogP contribution in [0.4, 0.5) is 10.1 Å². The maximum atomic E-state index is 12.9. The third-order valence-electron chi connectivity index (χ3n) is 2.10. The van der Waals surface area contributed by atoms with E-state index in [1.54, 1.807) is 12.1 Å². The van der Waals surface area contributed by atoms with Crippen LogP contribution in [0.25, 0.3) is 0 Å². The second kappa shape index (κ2) is 5.32. The van der Waals surface area contributed by atoms with E-state index in [1.165, 1.54) is 12.1 Å². The van der Waals surface area contributed by atoms with E-state index in [9.17, 15) is 9.50 Å². The number of halogens is 1. The van der Waals surface area contributed by atoms with Gasteiger partial charge in [0, 0.05) is 12.2 Å². The Morgan fingerprint density at radius 3 is 2.93 bits per heavy atom. The molecule has 0 bridgehead atoms. The second-order valence-corrected chi connectivity index (χ2v) is 3.25. The van der Waals surface area contributed by atoms with Crippen LogP contribution in [-0.2, 0) is 0 Å². The Kier molecular flexibility index (Phi) is 4.07. The molecule has 80 valence electrons. The standard InChI is InChI=1S/C11H13FN2O/c1-2-10(15)7-14-9-3-4-11(12)8(5-9)6-13/h3-5,10,14-15H,2,7H2,1H3. The van der Waals surface area contributed by atoms with Crippen molar-refractivity contribution in [1.29, 1.82) is 5.26 Å². The molecule has 1 rings (SSSR count). The van der Waals surface area contributed by atoms with Crippen LogP contribution in [0, 0.1) is 17.1 Å². The van der Waals surface area contributed by atoms with Gasteiger partial charge in [-0.05, 0) is 24.6 Å². The molecular formula is C11H13FN2O. The number of aliphatic hydroxyl groups excluding tert-OH is 1. The van der Waals surface area contributed by atoms with Crippen LogP contribution in [0.5, 0.6) is 0 Å². The number of benzene rings is 1. The molecule has 0 radical (unpaired) electrons. The predicted molar refractivity (Wildman–Crippen MR) is 55.9 cm³/mol. The molecule has 0 amide bonds. The normalized spacial score (nSPS) is 11.9. The molecule has 0 saturated heterocycles. The Bertz CT molecular complexity index is 373. The van der Waals surface area contributed by atoms with Gasteiger partial charge in [-0.3, -0.25) is 0 Å². The number of hydrogen-bond acceptors (Lipinski definition) is 3. The van der Waals surface area contributed by atoms with E-state index < -0.39 is 11.9 Å². The van der Waals surface area contributed by atoms with Gasteiger partial charge in [-0.25, -0.2) is 4.39 Å². The highest BCUT2D eigenvalue weighted by Gasteiger charge is 2.04. The number of anilines is 1. The predicted octanol–water partition coefficient (Wildman–Crippen LogP) is 1.88. The van der Waals surface area contributed by atoms with E-state index in [0.29, 0.717) is 18.7 Å². The molecule has 4 heteroatoms. The number of rotatable bonds is 4. The molecule has 0 aliphatic heterocycles. The van der Waals surface area contributed by atoms with Gasteiger partial charge in [0.1, 0.15) is 11.9 Å². The van der Waals surface area contributed by atoms with Gasteiger partial charge in [0.25, 0.3) is 0 Å². The van der Waals surface area contributed by atoms with Crippen LogP contribution < -0.4 is 5.32 Å². The van der Waals surface area contributed by atoms with E-state index in [-0.39, 0.29) is 5.56 Å². The van der Waals surface area contributed by atoms with E-state index >= 15 is 0 Å². The Morgan fingerprint density at radius 2 is 2.33 bits per heavy atom. The van der Waals surface area contributed by atoms with Crippen LogP contribution in [0.1, 0.15) is 18.9 Å². The lowest BCUT2D eigenvalue weighted by atomic mass is 10.2. The van der Waals surface area contributed by atoms with Crippen LogP contribution in [0.2, 0.25) is 0 Å². The fourth-order valence-electron chi connectivity index (χ4n) is 1.10. The molecular weight excluding hydrogens is 195 g/mol. The highest BCUT2D eigenvalue weighted by atomic mass is 19.1. The van der Waals surface area contributed by atoms with Crippen molar-refractivity contribution in [3.8, 4) is 6.07 Å². The van der Waals surface area contributed by atoms with Crippen molar-refractivity contribution >= 4 is 5.69 Å². The van der Waals surface area contributed by atoms with E-state index in [1.807, 2.05) is 6.92 Å². The molecule has 2 N–H and O–H groups in total. The summed E-state index contributed by atoms with van der Waals surface area (Å²) in [5.41, 5.74) is 0.645. The summed E-state index contributed by atoms with van der Waals surface area (Å²) in [6.07, 6.45) is 0.222. The maximum absolute atomic E-state index is 12.9. The number of nitrogens with one attached hydrogen (secondary N) is 1. The molecule has 0 aliphatic rings. The minimum absolute atomic E-state index is 0.00554. The van der Waals surface area contributed by atoms with Crippen molar-refractivity contribution in [3.63, 3.8) is 0 Å². The third kappa shape index (κ3) is 3.22. The first-order valence-corrected chi connectivity index (χ1v) is 4.79. The number of hydrogen-bond donors (Lipinski definition) is 2. The first kappa shape index (κ1) is 11.5. The fourth-order valence-corrected chi connectivity index (χ4v) is 1.10. The SMILES string of the molecule is CCC(O)CNc1ccc(F)c(C#N)c1. The topological polar surface area (TPSA) is 56.0 Å². The second-order valence-electron chi connectivity index (χ2n) is 3.25. The quantitative estimate of drug-likeness (QED) is 0.794. The Hall–Kier alpha value is -1.60. The van der Waals surface area contributed by atoms with Gasteiger partial charge in [0.05, 0.1) is 11.7 Å². The van der Waals surface area contributed by atoms with Crippen molar-refractivity contribution in [2.75, 3.05) is 11.9 Å². The zero-order valence-corrected chi connectivity index (χ0v) is 8.50. The van der Waals surface area contributed by atoms with Crippen molar-refractivity contribution < 1.29 is 9.50 Å². The molecule has 0 spiro atoms. The smallest absolute Gasteiger partial charge is 0.141 e. The lowest BCUT2D eigenvalue weighted by Gasteiger charge is -2.10. The van der Waals surface area contributed by atoms with Crippen molar-refractivity contribution in [2.24, 2.45) is 0 Å². The molecule has 3 nitrogen and oxygen atoms in total. The summed E-state index contributed by atoms with van der Waals surface area (Å²) < 4.78 is 12.9. The Labute approximate surface area is 88.2 Å². The highest BCUT2D eigenvalue weighted by molar-refractivity contribution is 5.49. The summed E-state index contributed by atoms with van der Waals surface area (Å²) in [6, 6.07) is 5.96. The molecule has 0 fully saturated rings. The Balaban J connectivity index is 2.67. The molecule has 0 aliphatic carbocycles. The zero-order chi connectivity index (χ0) is 11.3. The molecule has 1 atom stereocenters.